The normalized spacial score (nSPS) is 11.0. The monoisotopic (exact) mass is 308 g/mol. The Morgan fingerprint density at radius 2 is 2.24 bits per heavy atom. The third-order valence-electron chi connectivity index (χ3n) is 2.58. The summed E-state index contributed by atoms with van der Waals surface area (Å²) >= 11 is 0. The van der Waals surface area contributed by atoms with Crippen molar-refractivity contribution in [2.45, 2.75) is 11.4 Å². The van der Waals surface area contributed by atoms with Crippen molar-refractivity contribution in [1.29, 1.82) is 0 Å². The highest BCUT2D eigenvalue weighted by molar-refractivity contribution is 7.89. The molecule has 1 aromatic carbocycles. The average Bonchev–Trinajstić information content (AvgIpc) is 2.97. The molecule has 0 aliphatic carbocycles. The Balaban J connectivity index is 2.18. The molecule has 0 atom stereocenters. The van der Waals surface area contributed by atoms with Gasteiger partial charge in [0.1, 0.15) is 5.82 Å². The smallest absolute Gasteiger partial charge is 0.241 e. The maximum Gasteiger partial charge on any atom is 0.241 e. The van der Waals surface area contributed by atoms with E-state index >= 15 is 0 Å². The van der Waals surface area contributed by atoms with Gasteiger partial charge in [-0.25, -0.2) is 22.5 Å². The van der Waals surface area contributed by atoms with E-state index in [1.807, 2.05) is 0 Å². The van der Waals surface area contributed by atoms with Crippen molar-refractivity contribution in [2.24, 2.45) is 5.73 Å². The number of halogens is 1. The molecule has 0 radical (unpaired) electrons. The molecule has 110 valence electrons. The van der Waals surface area contributed by atoms with Gasteiger partial charge in [-0.15, -0.1) is 0 Å². The quantitative estimate of drug-likeness (QED) is 0.709. The molecule has 8 heteroatoms. The molecule has 6 nitrogen and oxygen atoms in total. The first-order valence-electron chi connectivity index (χ1n) is 5.98. The number of imidazole rings is 1. The summed E-state index contributed by atoms with van der Waals surface area (Å²) in [5.41, 5.74) is 5.91. The van der Waals surface area contributed by atoms with Crippen LogP contribution in [0.4, 0.5) is 4.39 Å². The maximum atomic E-state index is 13.8. The van der Waals surface area contributed by atoms with Crippen LogP contribution in [0.3, 0.4) is 0 Å². The maximum absolute atomic E-state index is 13.8. The summed E-state index contributed by atoms with van der Waals surface area (Å²) in [6.45, 7) is 0.143. The Kier molecular flexibility index (Phi) is 4.70. The van der Waals surface area contributed by atoms with E-state index in [1.165, 1.54) is 24.7 Å². The van der Waals surface area contributed by atoms with Crippen molar-refractivity contribution in [3.63, 3.8) is 0 Å². The molecular weight excluding hydrogens is 295 g/mol. The Hall–Kier alpha value is -2.21. The number of nitrogens with one attached hydrogen (secondary N) is 2. The highest BCUT2D eigenvalue weighted by Crippen LogP contribution is 2.14. The lowest BCUT2D eigenvalue weighted by Crippen LogP contribution is -2.23. The fourth-order valence-electron chi connectivity index (χ4n) is 1.55. The minimum atomic E-state index is -3.81. The molecular formula is C13H13FN4O2S. The highest BCUT2D eigenvalue weighted by Gasteiger charge is 2.16. The standard InChI is InChI=1S/C13H13FN4O2S/c14-13-6-12(4-3-10(13)2-1-5-15)21(19,20)18-8-11-7-16-9-17-11/h3-4,6-7,9,18H,5,8,15H2,(H,16,17). The summed E-state index contributed by atoms with van der Waals surface area (Å²) in [4.78, 5) is 6.37. The van der Waals surface area contributed by atoms with Crippen molar-refractivity contribution >= 4 is 10.0 Å². The number of nitrogens with two attached hydrogens (primary N) is 1. The molecule has 0 saturated heterocycles. The SMILES string of the molecule is NCC#Cc1ccc(S(=O)(=O)NCc2cnc[nH]2)cc1F. The molecule has 1 aromatic heterocycles. The Morgan fingerprint density at radius 3 is 2.86 bits per heavy atom. The second-order valence-electron chi connectivity index (χ2n) is 4.05. The van der Waals surface area contributed by atoms with Gasteiger partial charge < -0.3 is 10.7 Å². The second-order valence-corrected chi connectivity index (χ2v) is 5.82. The van der Waals surface area contributed by atoms with E-state index in [9.17, 15) is 12.8 Å². The molecule has 2 aromatic rings. The van der Waals surface area contributed by atoms with Crippen molar-refractivity contribution in [3.05, 3.63) is 47.8 Å². The zero-order valence-corrected chi connectivity index (χ0v) is 11.7. The van der Waals surface area contributed by atoms with Gasteiger partial charge in [0.2, 0.25) is 10.0 Å². The third kappa shape index (κ3) is 3.88. The van der Waals surface area contributed by atoms with Crippen molar-refractivity contribution in [2.75, 3.05) is 6.54 Å². The van der Waals surface area contributed by atoms with Crippen molar-refractivity contribution in [3.8, 4) is 11.8 Å². The molecule has 0 unspecified atom stereocenters. The van der Waals surface area contributed by atoms with Crippen LogP contribution in [0.25, 0.3) is 0 Å². The van der Waals surface area contributed by atoms with E-state index in [0.29, 0.717) is 5.69 Å². The van der Waals surface area contributed by atoms with Gasteiger partial charge in [0.05, 0.1) is 29.9 Å². The first kappa shape index (κ1) is 15.2. The first-order chi connectivity index (χ1) is 10.0. The molecule has 0 bridgehead atoms. The van der Waals surface area contributed by atoms with Crippen molar-refractivity contribution < 1.29 is 12.8 Å². The Morgan fingerprint density at radius 1 is 1.43 bits per heavy atom. The Labute approximate surface area is 121 Å². The Bertz CT molecular complexity index is 776. The van der Waals surface area contributed by atoms with Crippen LogP contribution < -0.4 is 10.5 Å². The van der Waals surface area contributed by atoms with Gasteiger partial charge in [0, 0.05) is 11.9 Å². The first-order valence-corrected chi connectivity index (χ1v) is 7.46. The number of nitrogens with zero attached hydrogens (tertiary/aromatic N) is 1. The van der Waals surface area contributed by atoms with Crippen LogP contribution in [-0.2, 0) is 16.6 Å². The number of aromatic nitrogens is 2. The van der Waals surface area contributed by atoms with Crippen LogP contribution in [0.2, 0.25) is 0 Å². The molecule has 0 saturated carbocycles. The predicted molar refractivity (Wildman–Crippen MR) is 74.9 cm³/mol. The van der Waals surface area contributed by atoms with Crippen LogP contribution in [0.5, 0.6) is 0 Å². The van der Waals surface area contributed by atoms with Crippen LogP contribution in [0.15, 0.2) is 35.6 Å². The topological polar surface area (TPSA) is 101 Å². The lowest BCUT2D eigenvalue weighted by atomic mass is 10.2. The molecule has 1 heterocycles. The number of hydrogen-bond donors (Lipinski definition) is 3. The summed E-state index contributed by atoms with van der Waals surface area (Å²) in [5.74, 6) is 4.33. The van der Waals surface area contributed by atoms with E-state index in [4.69, 9.17) is 5.73 Å². The van der Waals surface area contributed by atoms with Crippen LogP contribution >= 0.6 is 0 Å². The number of benzene rings is 1. The highest BCUT2D eigenvalue weighted by atomic mass is 32.2. The summed E-state index contributed by atoms with van der Waals surface area (Å²) < 4.78 is 40.2. The van der Waals surface area contributed by atoms with E-state index in [1.54, 1.807) is 0 Å². The van der Waals surface area contributed by atoms with Crippen LogP contribution in [0, 0.1) is 17.7 Å². The summed E-state index contributed by atoms with van der Waals surface area (Å²) in [6, 6.07) is 3.53. The lowest BCUT2D eigenvalue weighted by Gasteiger charge is -2.06. The number of hydrogen-bond acceptors (Lipinski definition) is 4. The molecule has 0 aliphatic rings. The molecule has 4 N–H and O–H groups in total. The van der Waals surface area contributed by atoms with Crippen molar-refractivity contribution in [1.82, 2.24) is 14.7 Å². The van der Waals surface area contributed by atoms with Gasteiger partial charge in [0.15, 0.2) is 0 Å². The van der Waals surface area contributed by atoms with Gasteiger partial charge in [0.25, 0.3) is 0 Å². The second kappa shape index (κ2) is 6.49. The molecule has 0 amide bonds. The molecule has 0 spiro atoms. The number of rotatable bonds is 4. The zero-order valence-electron chi connectivity index (χ0n) is 10.9. The van der Waals surface area contributed by atoms with E-state index in [-0.39, 0.29) is 23.5 Å². The van der Waals surface area contributed by atoms with Gasteiger partial charge in [-0.05, 0) is 18.2 Å². The third-order valence-corrected chi connectivity index (χ3v) is 3.98. The lowest BCUT2D eigenvalue weighted by molar-refractivity contribution is 0.576. The van der Waals surface area contributed by atoms with Gasteiger partial charge >= 0.3 is 0 Å². The van der Waals surface area contributed by atoms with Gasteiger partial charge in [-0.3, -0.25) is 0 Å². The molecule has 2 rings (SSSR count). The number of sulfonamides is 1. The van der Waals surface area contributed by atoms with E-state index in [0.717, 1.165) is 6.07 Å². The largest absolute Gasteiger partial charge is 0.347 e. The average molecular weight is 308 g/mol. The fourth-order valence-corrected chi connectivity index (χ4v) is 2.57. The van der Waals surface area contributed by atoms with Crippen LogP contribution in [0.1, 0.15) is 11.3 Å². The molecule has 0 fully saturated rings. The van der Waals surface area contributed by atoms with E-state index in [2.05, 4.69) is 26.5 Å². The zero-order chi connectivity index (χ0) is 15.3. The summed E-state index contributed by atoms with van der Waals surface area (Å²) in [6.07, 6.45) is 2.93. The number of aromatic amines is 1. The van der Waals surface area contributed by atoms with Gasteiger partial charge in [-0.2, -0.15) is 0 Å². The minimum Gasteiger partial charge on any atom is -0.347 e. The number of H-pyrrole nitrogens is 1. The van der Waals surface area contributed by atoms with Crippen LogP contribution in [-0.4, -0.2) is 24.9 Å². The summed E-state index contributed by atoms with van der Waals surface area (Å²) in [5, 5.41) is 0. The molecule has 21 heavy (non-hydrogen) atoms. The minimum absolute atomic E-state index is 0.0404. The predicted octanol–water partition coefficient (Wildman–Crippen LogP) is 0.338. The fraction of sp³-hybridized carbons (Fsp3) is 0.154. The van der Waals surface area contributed by atoms with E-state index < -0.39 is 15.8 Å². The summed E-state index contributed by atoms with van der Waals surface area (Å²) in [7, 11) is -3.81. The van der Waals surface area contributed by atoms with Gasteiger partial charge in [-0.1, -0.05) is 11.8 Å². The molecule has 0 aliphatic heterocycles.